The molecule has 0 aliphatic carbocycles. The molecule has 2 aromatic rings. The number of nitrogens with two attached hydrogens (primary N) is 1. The Bertz CT molecular complexity index is 706. The molecule has 0 fully saturated rings. The molecule has 1 aliphatic heterocycles. The third-order valence-corrected chi connectivity index (χ3v) is 2.94. The van der Waals surface area contributed by atoms with Crippen LogP contribution in [0.3, 0.4) is 0 Å². The van der Waals surface area contributed by atoms with Gasteiger partial charge in [-0.1, -0.05) is 12.1 Å². The topological polar surface area (TPSA) is 80.9 Å². The Kier molecular flexibility index (Phi) is 2.52. The molecule has 5 nitrogen and oxygen atoms in total. The van der Waals surface area contributed by atoms with Crippen LogP contribution >= 0.6 is 0 Å². The van der Waals surface area contributed by atoms with Gasteiger partial charge in [-0.15, -0.1) is 5.10 Å². The van der Waals surface area contributed by atoms with Crippen molar-refractivity contribution < 1.29 is 4.79 Å². The van der Waals surface area contributed by atoms with Gasteiger partial charge in [0.25, 0.3) is 0 Å². The third kappa shape index (κ3) is 1.95. The number of hydrogen-bond acceptors (Lipinski definition) is 5. The van der Waals surface area contributed by atoms with Gasteiger partial charge in [-0.2, -0.15) is 5.10 Å². The number of carbonyl (C=O) groups is 1. The predicted molar refractivity (Wildman–Crippen MR) is 73.6 cm³/mol. The average Bonchev–Trinajstić information content (AvgIpc) is 2.70. The van der Waals surface area contributed by atoms with E-state index in [1.54, 1.807) is 18.2 Å². The number of nitrogens with zero attached hydrogens (tertiary/aromatic N) is 2. The van der Waals surface area contributed by atoms with Crippen molar-refractivity contribution >= 4 is 23.2 Å². The summed E-state index contributed by atoms with van der Waals surface area (Å²) >= 11 is 0. The van der Waals surface area contributed by atoms with Crippen molar-refractivity contribution in [3.05, 3.63) is 53.0 Å². The van der Waals surface area contributed by atoms with E-state index in [0.29, 0.717) is 22.6 Å². The van der Waals surface area contributed by atoms with Crippen LogP contribution in [0.15, 0.2) is 36.0 Å². The summed E-state index contributed by atoms with van der Waals surface area (Å²) < 4.78 is 0. The summed E-state index contributed by atoms with van der Waals surface area (Å²) in [6, 6.07) is 9.09. The van der Waals surface area contributed by atoms with Crippen LogP contribution in [0.2, 0.25) is 0 Å². The maximum atomic E-state index is 12.2. The van der Waals surface area contributed by atoms with E-state index in [2.05, 4.69) is 15.5 Å². The standard InChI is InChI=1S/C14H12N4O/c1-8-6-10(15)12(18-17-8)7-13-14(19)9-4-2-3-5-11(9)16-13/h2-7,16H,1H3,(H2,15,17)/b13-7+. The van der Waals surface area contributed by atoms with Gasteiger partial charge in [0.1, 0.15) is 5.69 Å². The number of Topliss-reactive ketones (excluding diaryl/α,β-unsaturated/α-hetero) is 1. The summed E-state index contributed by atoms with van der Waals surface area (Å²) in [5.41, 5.74) is 9.53. The molecule has 0 saturated carbocycles. The van der Waals surface area contributed by atoms with Crippen LogP contribution < -0.4 is 11.1 Å². The highest BCUT2D eigenvalue weighted by atomic mass is 16.1. The number of ketones is 1. The van der Waals surface area contributed by atoms with E-state index >= 15 is 0 Å². The minimum Gasteiger partial charge on any atom is -0.397 e. The van der Waals surface area contributed by atoms with Crippen LogP contribution in [0.5, 0.6) is 0 Å². The van der Waals surface area contributed by atoms with Gasteiger partial charge in [-0.25, -0.2) is 0 Å². The fourth-order valence-electron chi connectivity index (χ4n) is 2.01. The lowest BCUT2D eigenvalue weighted by Crippen LogP contribution is -2.03. The van der Waals surface area contributed by atoms with E-state index in [9.17, 15) is 4.79 Å². The molecular formula is C14H12N4O. The number of anilines is 2. The molecule has 1 aromatic heterocycles. The van der Waals surface area contributed by atoms with E-state index in [-0.39, 0.29) is 5.78 Å². The molecule has 0 atom stereocenters. The molecular weight excluding hydrogens is 240 g/mol. The van der Waals surface area contributed by atoms with Gasteiger partial charge in [0.05, 0.1) is 17.1 Å². The van der Waals surface area contributed by atoms with Gasteiger partial charge >= 0.3 is 0 Å². The van der Waals surface area contributed by atoms with Crippen LogP contribution in [0, 0.1) is 6.92 Å². The van der Waals surface area contributed by atoms with Crippen LogP contribution in [0.25, 0.3) is 6.08 Å². The van der Waals surface area contributed by atoms with Gasteiger partial charge in [-0.3, -0.25) is 4.79 Å². The first-order valence-electron chi connectivity index (χ1n) is 5.87. The summed E-state index contributed by atoms with van der Waals surface area (Å²) in [4.78, 5) is 12.2. The molecule has 5 heteroatoms. The summed E-state index contributed by atoms with van der Waals surface area (Å²) in [6.45, 7) is 1.81. The average molecular weight is 252 g/mol. The van der Waals surface area contributed by atoms with E-state index in [1.807, 2.05) is 25.1 Å². The number of nitrogens with one attached hydrogen (secondary N) is 1. The number of para-hydroxylation sites is 1. The second kappa shape index (κ2) is 4.20. The zero-order valence-electron chi connectivity index (χ0n) is 10.3. The second-order valence-corrected chi connectivity index (χ2v) is 4.38. The normalized spacial score (nSPS) is 15.4. The molecule has 0 spiro atoms. The quantitative estimate of drug-likeness (QED) is 0.759. The number of benzene rings is 1. The van der Waals surface area contributed by atoms with Crippen LogP contribution in [-0.2, 0) is 0 Å². The molecule has 0 bridgehead atoms. The van der Waals surface area contributed by atoms with Gasteiger partial charge < -0.3 is 11.1 Å². The summed E-state index contributed by atoms with van der Waals surface area (Å²) in [6.07, 6.45) is 1.63. The van der Waals surface area contributed by atoms with Gasteiger partial charge in [0, 0.05) is 11.3 Å². The number of aromatic nitrogens is 2. The Labute approximate surface area is 110 Å². The number of fused-ring (bicyclic) bond motifs is 1. The first-order chi connectivity index (χ1) is 9.15. The SMILES string of the molecule is Cc1cc(N)c(/C=C2/Nc3ccccc3C2=O)nn1. The van der Waals surface area contributed by atoms with Crippen molar-refractivity contribution in [2.45, 2.75) is 6.92 Å². The number of rotatable bonds is 1. The zero-order valence-corrected chi connectivity index (χ0v) is 10.3. The smallest absolute Gasteiger partial charge is 0.211 e. The van der Waals surface area contributed by atoms with E-state index in [0.717, 1.165) is 11.4 Å². The largest absolute Gasteiger partial charge is 0.397 e. The molecule has 1 aliphatic rings. The van der Waals surface area contributed by atoms with Crippen LogP contribution in [0.1, 0.15) is 21.7 Å². The maximum absolute atomic E-state index is 12.2. The number of hydrogen-bond donors (Lipinski definition) is 2. The predicted octanol–water partition coefficient (Wildman–Crippen LogP) is 2.02. The van der Waals surface area contributed by atoms with E-state index in [1.165, 1.54) is 0 Å². The Morgan fingerprint density at radius 3 is 2.79 bits per heavy atom. The van der Waals surface area contributed by atoms with Crippen molar-refractivity contribution in [1.29, 1.82) is 0 Å². The third-order valence-electron chi connectivity index (χ3n) is 2.94. The molecule has 0 amide bonds. The fraction of sp³-hybridized carbons (Fsp3) is 0.0714. The van der Waals surface area contributed by atoms with Crippen molar-refractivity contribution in [1.82, 2.24) is 10.2 Å². The van der Waals surface area contributed by atoms with Crippen molar-refractivity contribution in [2.75, 3.05) is 11.1 Å². The van der Waals surface area contributed by atoms with Crippen molar-refractivity contribution in [3.63, 3.8) is 0 Å². The lowest BCUT2D eigenvalue weighted by molar-refractivity contribution is 0.104. The Balaban J connectivity index is 2.01. The molecule has 3 N–H and O–H groups in total. The Hall–Kier alpha value is -2.69. The zero-order chi connectivity index (χ0) is 13.4. The van der Waals surface area contributed by atoms with Crippen molar-refractivity contribution in [3.8, 4) is 0 Å². The van der Waals surface area contributed by atoms with Gasteiger partial charge in [-0.05, 0) is 31.2 Å². The summed E-state index contributed by atoms with van der Waals surface area (Å²) in [5.74, 6) is -0.0580. The van der Waals surface area contributed by atoms with Crippen molar-refractivity contribution in [2.24, 2.45) is 0 Å². The first-order valence-corrected chi connectivity index (χ1v) is 5.87. The minimum atomic E-state index is -0.0580. The molecule has 0 saturated heterocycles. The van der Waals surface area contributed by atoms with E-state index < -0.39 is 0 Å². The number of nitrogen functional groups attached to an aromatic ring is 1. The van der Waals surface area contributed by atoms with Crippen LogP contribution in [-0.4, -0.2) is 16.0 Å². The number of aryl methyl sites for hydroxylation is 1. The number of carbonyl (C=O) groups excluding carboxylic acids is 1. The molecule has 0 unspecified atom stereocenters. The number of allylic oxidation sites excluding steroid dienone is 1. The summed E-state index contributed by atoms with van der Waals surface area (Å²) in [5, 5.41) is 11.0. The molecule has 94 valence electrons. The van der Waals surface area contributed by atoms with Gasteiger partial charge in [0.2, 0.25) is 5.78 Å². The van der Waals surface area contributed by atoms with E-state index in [4.69, 9.17) is 5.73 Å². The monoisotopic (exact) mass is 252 g/mol. The lowest BCUT2D eigenvalue weighted by Gasteiger charge is -2.01. The van der Waals surface area contributed by atoms with Crippen LogP contribution in [0.4, 0.5) is 11.4 Å². The maximum Gasteiger partial charge on any atom is 0.211 e. The highest BCUT2D eigenvalue weighted by Crippen LogP contribution is 2.28. The molecule has 2 heterocycles. The highest BCUT2D eigenvalue weighted by Gasteiger charge is 2.24. The second-order valence-electron chi connectivity index (χ2n) is 4.38. The molecule has 0 radical (unpaired) electrons. The lowest BCUT2D eigenvalue weighted by atomic mass is 10.1. The van der Waals surface area contributed by atoms with Gasteiger partial charge in [0.15, 0.2) is 0 Å². The fourth-order valence-corrected chi connectivity index (χ4v) is 2.01. The molecule has 3 rings (SSSR count). The molecule has 1 aromatic carbocycles. The molecule has 19 heavy (non-hydrogen) atoms. The summed E-state index contributed by atoms with van der Waals surface area (Å²) in [7, 11) is 0. The Morgan fingerprint density at radius 1 is 1.26 bits per heavy atom. The Morgan fingerprint density at radius 2 is 2.05 bits per heavy atom. The minimum absolute atomic E-state index is 0.0580. The first kappa shape index (κ1) is 11.4. The highest BCUT2D eigenvalue weighted by molar-refractivity contribution is 6.20.